The SMILES string of the molecule is CC1(C)COB(c2ccc(F)cc2COC2CCCCO2)OC1.CC1(C)OB(c2ccc(F)cc2COC2CCCCO2)OC1(C)C.Fc1ccc(B2OCC(c3ccccc3)O2)c(COC2CCCCO2)c1.Fc1ccc(B2OCCCCO2)c(COC2CCCCO2)c1.Fc1ccc(B2OCCCO2)c(COC2CCCCO2)c1.Fc1ccc(B2OCCO2)c(COC2CCCCO2)c1. The molecule has 0 aromatic heterocycles. The topological polar surface area (TPSA) is 222 Å². The van der Waals surface area contributed by atoms with E-state index in [0.29, 0.717) is 92.5 Å². The summed E-state index contributed by atoms with van der Waals surface area (Å²) in [7, 11) is -2.79. The van der Waals surface area contributed by atoms with Crippen molar-refractivity contribution in [2.45, 2.75) is 271 Å². The Kier molecular flexibility index (Phi) is 41.9. The fourth-order valence-electron chi connectivity index (χ4n) is 17.0. The van der Waals surface area contributed by atoms with Gasteiger partial charge in [0.2, 0.25) is 0 Å². The van der Waals surface area contributed by atoms with Crippen molar-refractivity contribution in [3.63, 3.8) is 0 Å². The predicted molar refractivity (Wildman–Crippen MR) is 503 cm³/mol. The largest absolute Gasteiger partial charge is 0.495 e. The molecule has 7 unspecified atom stereocenters. The molecule has 12 aliphatic rings. The molecule has 36 heteroatoms. The highest BCUT2D eigenvalue weighted by molar-refractivity contribution is 6.64. The summed E-state index contributed by atoms with van der Waals surface area (Å²) in [5.74, 6) is -1.71. The van der Waals surface area contributed by atoms with Gasteiger partial charge in [0.25, 0.3) is 0 Å². The second kappa shape index (κ2) is 54.1. The van der Waals surface area contributed by atoms with Crippen molar-refractivity contribution < 1.29 is 139 Å². The number of hydrogen-bond acceptors (Lipinski definition) is 24. The maximum absolute atomic E-state index is 13.8. The molecule has 7 aromatic carbocycles. The molecule has 0 saturated carbocycles. The Hall–Kier alpha value is -6.45. The minimum absolute atomic E-state index is 0.00311. The van der Waals surface area contributed by atoms with Crippen molar-refractivity contribution >= 4 is 75.5 Å². The summed E-state index contributed by atoms with van der Waals surface area (Å²) >= 11 is 0. The molecule has 0 N–H and O–H groups in total. The lowest BCUT2D eigenvalue weighted by Crippen LogP contribution is -2.48. The highest BCUT2D eigenvalue weighted by atomic mass is 19.1. The van der Waals surface area contributed by atoms with E-state index < -0.39 is 53.9 Å². The zero-order valence-electron chi connectivity index (χ0n) is 79.5. The lowest BCUT2D eigenvalue weighted by Gasteiger charge is -2.33. The first-order valence-corrected chi connectivity index (χ1v) is 48.8. The van der Waals surface area contributed by atoms with Crippen LogP contribution in [0.4, 0.5) is 26.3 Å². The Morgan fingerprint density at radius 2 is 0.515 bits per heavy atom. The zero-order valence-corrected chi connectivity index (χ0v) is 79.5. The van der Waals surface area contributed by atoms with Crippen LogP contribution >= 0.6 is 0 Å². The number of hydrogen-bond donors (Lipinski definition) is 0. The first-order chi connectivity index (χ1) is 66.1. The number of rotatable bonds is 25. The van der Waals surface area contributed by atoms with Crippen LogP contribution in [0.1, 0.15) is 221 Å². The third-order valence-corrected chi connectivity index (χ3v) is 25.4. The maximum atomic E-state index is 13.8. The van der Waals surface area contributed by atoms with Gasteiger partial charge in [0, 0.05) is 84.7 Å². The quantitative estimate of drug-likeness (QED) is 0.0383. The molecule has 736 valence electrons. The van der Waals surface area contributed by atoms with E-state index in [1.165, 1.54) is 72.8 Å². The number of benzene rings is 7. The van der Waals surface area contributed by atoms with Crippen molar-refractivity contribution in [1.82, 2.24) is 0 Å². The molecule has 12 saturated heterocycles. The molecule has 0 amide bonds. The van der Waals surface area contributed by atoms with Crippen LogP contribution in [-0.4, -0.2) is 191 Å². The molecule has 0 radical (unpaired) electrons. The molecule has 19 rings (SSSR count). The van der Waals surface area contributed by atoms with Crippen LogP contribution in [0.5, 0.6) is 0 Å². The van der Waals surface area contributed by atoms with Gasteiger partial charge >= 0.3 is 42.7 Å². The normalized spacial score (nSPS) is 24.0. The molecule has 12 heterocycles. The van der Waals surface area contributed by atoms with Crippen molar-refractivity contribution in [2.75, 3.05) is 99.1 Å². The molecule has 7 aromatic rings. The molecule has 0 spiro atoms. The Balaban J connectivity index is 0.000000131. The third kappa shape index (κ3) is 32.8. The predicted octanol–water partition coefficient (Wildman–Crippen LogP) is 15.2. The number of halogens is 6. The van der Waals surface area contributed by atoms with Crippen LogP contribution in [0.25, 0.3) is 0 Å². The molecule has 136 heavy (non-hydrogen) atoms. The van der Waals surface area contributed by atoms with E-state index in [4.69, 9.17) is 113 Å². The fourth-order valence-corrected chi connectivity index (χ4v) is 17.0. The average Bonchev–Trinajstić information content (AvgIpc) is 1.61. The van der Waals surface area contributed by atoms with Crippen LogP contribution in [0.15, 0.2) is 140 Å². The van der Waals surface area contributed by atoms with Gasteiger partial charge in [-0.1, -0.05) is 80.6 Å². The summed E-state index contributed by atoms with van der Waals surface area (Å²) in [5.41, 5.74) is 9.68. The molecule has 24 nitrogen and oxygen atoms in total. The average molecular weight is 1900 g/mol. The van der Waals surface area contributed by atoms with E-state index in [0.717, 1.165) is 240 Å². The van der Waals surface area contributed by atoms with Crippen LogP contribution < -0.4 is 32.8 Å². The van der Waals surface area contributed by atoms with Crippen LogP contribution in [0.3, 0.4) is 0 Å². The zero-order chi connectivity index (χ0) is 94.9. The second-order valence-corrected chi connectivity index (χ2v) is 37.4. The summed E-state index contributed by atoms with van der Waals surface area (Å²) in [4.78, 5) is 0. The smallest absolute Gasteiger partial charge is 0.407 e. The van der Waals surface area contributed by atoms with Gasteiger partial charge in [-0.3, -0.25) is 0 Å². The van der Waals surface area contributed by atoms with Crippen molar-refractivity contribution in [3.05, 3.63) is 213 Å². The Morgan fingerprint density at radius 1 is 0.265 bits per heavy atom. The van der Waals surface area contributed by atoms with E-state index in [-0.39, 0.29) is 97.4 Å². The van der Waals surface area contributed by atoms with Gasteiger partial charge in [0.05, 0.1) is 76.8 Å². The molecular formula is C100H132B6F6O24. The fraction of sp³-hybridized carbons (Fsp3) is 0.580. The standard InChI is InChI=1S/C20H22BFO4.C18H26BFO4.C17H24BFO4.C16H22BFO4.C15H20BFO4.C14H18BFO4/c22-17-9-10-18(16(12-17)13-24-20-8-4-5-11-23-20)21-25-14-19(26-21)15-6-2-1-3-7-15;1-17(2)18(3,4)24-19(23-17)15-9-8-14(20)11-13(15)12-22-16-7-5-6-10-21-16;1-17(2)11-22-18(23-12-17)15-7-6-14(19)9-13(15)10-21-16-5-3-4-8-20-16;18-14-6-7-15(17-21-9-3-4-10-22-17)13(11-14)12-20-16-5-1-2-8-19-16;17-13-5-6-14(16-20-8-3-9-21-16)12(10-13)11-19-15-4-1-2-7-18-15;16-12-4-5-13(15-19-7-8-20-15)11(9-12)10-18-14-3-1-2-6-17-14/h1-3,6-7,9-10,12,19-20H,4-5,8,11,13-14H2;8-9,11,16H,5-7,10,12H2,1-4H3;6-7,9,16H,3-5,8,10-12H2,1-2H3;6-7,11,16H,1-5,8-10,12H2;5-6,10,15H,1-4,7-9,11H2;4-5,9,14H,1-3,6-8,10H2. The van der Waals surface area contributed by atoms with Crippen molar-refractivity contribution in [2.24, 2.45) is 5.41 Å². The first-order valence-electron chi connectivity index (χ1n) is 48.8. The van der Waals surface area contributed by atoms with Crippen molar-refractivity contribution in [3.8, 4) is 0 Å². The minimum atomic E-state index is -0.526. The van der Waals surface area contributed by atoms with E-state index in [1.807, 2.05) is 58.0 Å². The van der Waals surface area contributed by atoms with Gasteiger partial charge in [-0.05, 0) is 307 Å². The Morgan fingerprint density at radius 3 is 0.794 bits per heavy atom. The van der Waals surface area contributed by atoms with Gasteiger partial charge in [-0.15, -0.1) is 0 Å². The van der Waals surface area contributed by atoms with Gasteiger partial charge in [-0.25, -0.2) is 26.3 Å². The van der Waals surface area contributed by atoms with E-state index >= 15 is 0 Å². The monoisotopic (exact) mass is 1900 g/mol. The summed E-state index contributed by atoms with van der Waals surface area (Å²) < 4.78 is 219. The molecule has 12 aliphatic heterocycles. The Labute approximate surface area is 799 Å². The van der Waals surface area contributed by atoms with Crippen LogP contribution in [-0.2, 0) is 152 Å². The summed E-state index contributed by atoms with van der Waals surface area (Å²) in [6, 6.07) is 37.8. The Bertz CT molecular complexity index is 4680. The van der Waals surface area contributed by atoms with Crippen LogP contribution in [0, 0.1) is 40.3 Å². The van der Waals surface area contributed by atoms with E-state index in [9.17, 15) is 26.3 Å². The van der Waals surface area contributed by atoms with E-state index in [1.54, 1.807) is 36.4 Å². The minimum Gasteiger partial charge on any atom is -0.407 e. The first kappa shape index (κ1) is 105. The highest BCUT2D eigenvalue weighted by Gasteiger charge is 2.52. The van der Waals surface area contributed by atoms with Gasteiger partial charge < -0.3 is 113 Å². The molecule has 7 atom stereocenters. The van der Waals surface area contributed by atoms with Crippen LogP contribution in [0.2, 0.25) is 0 Å². The van der Waals surface area contributed by atoms with Gasteiger partial charge in [0.1, 0.15) is 34.9 Å². The molecule has 0 aliphatic carbocycles. The molecule has 12 fully saturated rings. The summed E-state index contributed by atoms with van der Waals surface area (Å²) in [5, 5.41) is 0. The second-order valence-electron chi connectivity index (χ2n) is 37.4. The summed E-state index contributed by atoms with van der Waals surface area (Å²) in [6.45, 7) is 23.8. The lowest BCUT2D eigenvalue weighted by atomic mass is 9.73. The molecular weight excluding hydrogens is 1760 g/mol. The van der Waals surface area contributed by atoms with Gasteiger partial charge in [-0.2, -0.15) is 0 Å². The summed E-state index contributed by atoms with van der Waals surface area (Å²) in [6.07, 6.45) is 19.9. The van der Waals surface area contributed by atoms with E-state index in [2.05, 4.69) is 13.8 Å². The lowest BCUT2D eigenvalue weighted by molar-refractivity contribution is -0.169. The van der Waals surface area contributed by atoms with Gasteiger partial charge in [0.15, 0.2) is 37.7 Å². The highest BCUT2D eigenvalue weighted by Crippen LogP contribution is 2.38. The molecule has 0 bridgehead atoms. The number of ether oxygens (including phenoxy) is 12. The maximum Gasteiger partial charge on any atom is 0.495 e. The van der Waals surface area contributed by atoms with Crippen molar-refractivity contribution in [1.29, 1.82) is 0 Å². The third-order valence-electron chi connectivity index (χ3n) is 25.4.